The molecule has 0 unspecified atom stereocenters. The van der Waals surface area contributed by atoms with Gasteiger partial charge in [0.2, 0.25) is 15.9 Å². The molecule has 0 spiro atoms. The summed E-state index contributed by atoms with van der Waals surface area (Å²) in [5, 5.41) is 2.89. The minimum Gasteiger partial charge on any atom is -0.493 e. The van der Waals surface area contributed by atoms with Gasteiger partial charge in [-0.15, -0.1) is 0 Å². The Balaban J connectivity index is 1.84. The van der Waals surface area contributed by atoms with E-state index in [1.807, 2.05) is 32.0 Å². The van der Waals surface area contributed by atoms with Crippen molar-refractivity contribution in [1.82, 2.24) is 9.62 Å². The van der Waals surface area contributed by atoms with Crippen LogP contribution in [-0.4, -0.2) is 57.7 Å². The number of methoxy groups -OCH3 is 1. The van der Waals surface area contributed by atoms with Crippen molar-refractivity contribution >= 4 is 22.0 Å². The number of ether oxygens (including phenoxy) is 2. The van der Waals surface area contributed by atoms with E-state index < -0.39 is 10.0 Å². The molecule has 0 bridgehead atoms. The molecule has 1 saturated heterocycles. The predicted octanol–water partition coefficient (Wildman–Crippen LogP) is 2.28. The van der Waals surface area contributed by atoms with Gasteiger partial charge in [-0.25, -0.2) is 12.7 Å². The van der Waals surface area contributed by atoms with Crippen molar-refractivity contribution < 1.29 is 22.7 Å². The number of benzene rings is 1. The molecule has 1 amide bonds. The molecule has 0 radical (unpaired) electrons. The van der Waals surface area contributed by atoms with Crippen LogP contribution in [0.25, 0.3) is 6.08 Å². The first-order chi connectivity index (χ1) is 13.2. The van der Waals surface area contributed by atoms with Crippen molar-refractivity contribution in [3.63, 3.8) is 0 Å². The quantitative estimate of drug-likeness (QED) is 0.665. The molecule has 0 aliphatic carbocycles. The molecule has 2 rings (SSSR count). The summed E-state index contributed by atoms with van der Waals surface area (Å²) in [6, 6.07) is 5.51. The second-order valence-electron chi connectivity index (χ2n) is 7.26. The molecule has 1 aliphatic heterocycles. The topological polar surface area (TPSA) is 84.9 Å². The number of piperidine rings is 1. The highest BCUT2D eigenvalue weighted by Crippen LogP contribution is 2.29. The van der Waals surface area contributed by atoms with Crippen molar-refractivity contribution in [2.75, 3.05) is 33.0 Å². The van der Waals surface area contributed by atoms with E-state index in [1.165, 1.54) is 16.6 Å². The Kier molecular flexibility index (Phi) is 7.88. The van der Waals surface area contributed by atoms with Gasteiger partial charge in [-0.3, -0.25) is 4.79 Å². The number of rotatable bonds is 8. The van der Waals surface area contributed by atoms with Gasteiger partial charge < -0.3 is 14.8 Å². The van der Waals surface area contributed by atoms with Gasteiger partial charge in [0.05, 0.1) is 19.5 Å². The van der Waals surface area contributed by atoms with Gasteiger partial charge in [0, 0.05) is 25.7 Å². The van der Waals surface area contributed by atoms with E-state index in [-0.39, 0.29) is 12.0 Å². The van der Waals surface area contributed by atoms with E-state index in [0.29, 0.717) is 37.1 Å². The highest BCUT2D eigenvalue weighted by molar-refractivity contribution is 7.88. The van der Waals surface area contributed by atoms with E-state index in [0.717, 1.165) is 18.4 Å². The maximum atomic E-state index is 12.1. The third-order valence-corrected chi connectivity index (χ3v) is 5.89. The lowest BCUT2D eigenvalue weighted by Crippen LogP contribution is -2.40. The van der Waals surface area contributed by atoms with Crippen molar-refractivity contribution in [2.45, 2.75) is 32.8 Å². The predicted molar refractivity (Wildman–Crippen MR) is 110 cm³/mol. The average molecular weight is 411 g/mol. The van der Waals surface area contributed by atoms with Crippen LogP contribution in [0.3, 0.4) is 0 Å². The third kappa shape index (κ3) is 6.83. The lowest BCUT2D eigenvalue weighted by Gasteiger charge is -2.30. The molecule has 8 heteroatoms. The number of sulfonamides is 1. The molecule has 0 saturated carbocycles. The average Bonchev–Trinajstić information content (AvgIpc) is 2.64. The fourth-order valence-electron chi connectivity index (χ4n) is 3.06. The van der Waals surface area contributed by atoms with E-state index in [2.05, 4.69) is 5.32 Å². The first kappa shape index (κ1) is 22.2. The lowest BCUT2D eigenvalue weighted by atomic mass is 9.98. The minimum atomic E-state index is -3.12. The molecule has 1 heterocycles. The van der Waals surface area contributed by atoms with Gasteiger partial charge in [0.15, 0.2) is 11.5 Å². The van der Waals surface area contributed by atoms with Gasteiger partial charge in [-0.2, -0.15) is 0 Å². The lowest BCUT2D eigenvalue weighted by molar-refractivity contribution is -0.116. The van der Waals surface area contributed by atoms with Crippen LogP contribution >= 0.6 is 0 Å². The van der Waals surface area contributed by atoms with Crippen LogP contribution in [0, 0.1) is 5.92 Å². The number of carbonyl (C=O) groups excluding carboxylic acids is 1. The first-order valence-electron chi connectivity index (χ1n) is 9.44. The maximum Gasteiger partial charge on any atom is 0.244 e. The number of carbonyl (C=O) groups is 1. The first-order valence-corrected chi connectivity index (χ1v) is 11.3. The molecular formula is C20H30N2O5S. The largest absolute Gasteiger partial charge is 0.493 e. The SMILES string of the molecule is COc1cc(/C=C/C(=O)NCC2CCN(S(C)(=O)=O)CC2)ccc1OC(C)C. The Hall–Kier alpha value is -2.06. The Labute approximate surface area is 167 Å². The fraction of sp³-hybridized carbons (Fsp3) is 0.550. The monoisotopic (exact) mass is 410 g/mol. The van der Waals surface area contributed by atoms with Crippen LogP contribution in [0.1, 0.15) is 32.3 Å². The zero-order valence-electron chi connectivity index (χ0n) is 17.0. The molecule has 0 aromatic heterocycles. The van der Waals surface area contributed by atoms with Gasteiger partial charge in [0.25, 0.3) is 0 Å². The molecule has 156 valence electrons. The highest BCUT2D eigenvalue weighted by atomic mass is 32.2. The summed E-state index contributed by atoms with van der Waals surface area (Å²) in [5.41, 5.74) is 0.838. The summed E-state index contributed by atoms with van der Waals surface area (Å²) >= 11 is 0. The van der Waals surface area contributed by atoms with Crippen molar-refractivity contribution in [3.8, 4) is 11.5 Å². The molecular weight excluding hydrogens is 380 g/mol. The Bertz CT molecular complexity index is 797. The standard InChI is InChI=1S/C20H30N2O5S/c1-15(2)27-18-7-5-16(13-19(18)26-3)6-8-20(23)21-14-17-9-11-22(12-10-17)28(4,24)25/h5-8,13,15,17H,9-12,14H2,1-4H3,(H,21,23)/b8-6+. The molecule has 1 fully saturated rings. The van der Waals surface area contributed by atoms with Crippen molar-refractivity contribution in [2.24, 2.45) is 5.92 Å². The molecule has 1 aromatic carbocycles. The second kappa shape index (κ2) is 9.93. The molecule has 1 N–H and O–H groups in total. The summed E-state index contributed by atoms with van der Waals surface area (Å²) in [6.45, 7) is 5.47. The minimum absolute atomic E-state index is 0.0466. The Morgan fingerprint density at radius 2 is 1.96 bits per heavy atom. The van der Waals surface area contributed by atoms with Crippen LogP contribution in [0.2, 0.25) is 0 Å². The van der Waals surface area contributed by atoms with Gasteiger partial charge in [-0.05, 0) is 56.4 Å². The molecule has 28 heavy (non-hydrogen) atoms. The van der Waals surface area contributed by atoms with Crippen LogP contribution in [0.4, 0.5) is 0 Å². The number of hydrogen-bond acceptors (Lipinski definition) is 5. The molecule has 1 aromatic rings. The van der Waals surface area contributed by atoms with Crippen molar-refractivity contribution in [3.05, 3.63) is 29.8 Å². The van der Waals surface area contributed by atoms with E-state index >= 15 is 0 Å². The smallest absolute Gasteiger partial charge is 0.244 e. The van der Waals surface area contributed by atoms with Crippen LogP contribution in [0.5, 0.6) is 11.5 Å². The zero-order chi connectivity index (χ0) is 20.7. The molecule has 0 atom stereocenters. The van der Waals surface area contributed by atoms with Gasteiger partial charge >= 0.3 is 0 Å². The third-order valence-electron chi connectivity index (χ3n) is 4.58. The second-order valence-corrected chi connectivity index (χ2v) is 9.24. The Morgan fingerprint density at radius 1 is 1.29 bits per heavy atom. The molecule has 7 nitrogen and oxygen atoms in total. The summed E-state index contributed by atoms with van der Waals surface area (Å²) in [5.74, 6) is 1.41. The van der Waals surface area contributed by atoms with E-state index in [1.54, 1.807) is 13.2 Å². The fourth-order valence-corrected chi connectivity index (χ4v) is 3.93. The Morgan fingerprint density at radius 3 is 2.54 bits per heavy atom. The van der Waals surface area contributed by atoms with Crippen LogP contribution < -0.4 is 14.8 Å². The van der Waals surface area contributed by atoms with Crippen molar-refractivity contribution in [1.29, 1.82) is 0 Å². The highest BCUT2D eigenvalue weighted by Gasteiger charge is 2.24. The molecule has 1 aliphatic rings. The summed E-state index contributed by atoms with van der Waals surface area (Å²) in [4.78, 5) is 12.1. The number of nitrogens with zero attached hydrogens (tertiary/aromatic N) is 1. The van der Waals surface area contributed by atoms with Crippen LogP contribution in [-0.2, 0) is 14.8 Å². The van der Waals surface area contributed by atoms with E-state index in [4.69, 9.17) is 9.47 Å². The zero-order valence-corrected chi connectivity index (χ0v) is 17.8. The number of hydrogen-bond donors (Lipinski definition) is 1. The summed E-state index contributed by atoms with van der Waals surface area (Å²) in [7, 11) is -1.54. The normalized spacial score (nSPS) is 16.5. The van der Waals surface area contributed by atoms with Crippen LogP contribution in [0.15, 0.2) is 24.3 Å². The number of nitrogens with one attached hydrogen (secondary N) is 1. The van der Waals surface area contributed by atoms with E-state index in [9.17, 15) is 13.2 Å². The van der Waals surface area contributed by atoms with Gasteiger partial charge in [-0.1, -0.05) is 6.07 Å². The summed E-state index contributed by atoms with van der Waals surface area (Å²) in [6.07, 6.45) is 6.01. The van der Waals surface area contributed by atoms with Gasteiger partial charge in [0.1, 0.15) is 0 Å². The maximum absolute atomic E-state index is 12.1. The number of amides is 1. The summed E-state index contributed by atoms with van der Waals surface area (Å²) < 4.78 is 35.6.